The highest BCUT2D eigenvalue weighted by Gasteiger charge is 2.25. The minimum atomic E-state index is -0.398. The van der Waals surface area contributed by atoms with Crippen LogP contribution in [0.5, 0.6) is 0 Å². The summed E-state index contributed by atoms with van der Waals surface area (Å²) in [5, 5.41) is 0. The van der Waals surface area contributed by atoms with E-state index in [-0.39, 0.29) is 17.4 Å². The van der Waals surface area contributed by atoms with E-state index in [1.165, 1.54) is 19.1 Å². The van der Waals surface area contributed by atoms with Crippen LogP contribution in [0.3, 0.4) is 0 Å². The predicted octanol–water partition coefficient (Wildman–Crippen LogP) is 3.68. The Labute approximate surface area is 141 Å². The fourth-order valence-corrected chi connectivity index (χ4v) is 2.99. The number of aromatic nitrogens is 1. The number of carbonyl (C=O) groups is 2. The first kappa shape index (κ1) is 18.1. The summed E-state index contributed by atoms with van der Waals surface area (Å²) in [5.41, 5.74) is 3.26. The SMILES string of the molecule is CC(=O)c1c(C)[nH]c(C(=O)[C@H](C)N(C)Cc2cccc(F)c2)c1C. The van der Waals surface area contributed by atoms with E-state index in [1.54, 1.807) is 19.9 Å². The van der Waals surface area contributed by atoms with Crippen LogP contribution in [0.15, 0.2) is 24.3 Å². The number of hydrogen-bond acceptors (Lipinski definition) is 3. The number of benzene rings is 1. The molecule has 0 spiro atoms. The molecule has 0 bridgehead atoms. The van der Waals surface area contributed by atoms with Crippen molar-refractivity contribution in [2.24, 2.45) is 0 Å². The molecule has 0 saturated carbocycles. The van der Waals surface area contributed by atoms with Gasteiger partial charge in [0.25, 0.3) is 0 Å². The Balaban J connectivity index is 2.20. The summed E-state index contributed by atoms with van der Waals surface area (Å²) in [7, 11) is 1.82. The van der Waals surface area contributed by atoms with Gasteiger partial charge in [-0.3, -0.25) is 14.5 Å². The number of likely N-dealkylation sites (N-methyl/N-ethyl adjacent to an activating group) is 1. The van der Waals surface area contributed by atoms with Gasteiger partial charge in [0.05, 0.1) is 11.7 Å². The van der Waals surface area contributed by atoms with E-state index >= 15 is 0 Å². The number of aryl methyl sites for hydroxylation is 1. The average molecular weight is 330 g/mol. The van der Waals surface area contributed by atoms with Gasteiger partial charge < -0.3 is 4.98 Å². The molecule has 1 heterocycles. The second-order valence-corrected chi connectivity index (χ2v) is 6.27. The third-order valence-corrected chi connectivity index (χ3v) is 4.40. The molecule has 0 aliphatic carbocycles. The lowest BCUT2D eigenvalue weighted by Gasteiger charge is -2.23. The molecular formula is C19H23FN2O2. The number of aromatic amines is 1. The minimum absolute atomic E-state index is 0.0546. The molecule has 2 rings (SSSR count). The first-order valence-electron chi connectivity index (χ1n) is 7.91. The van der Waals surface area contributed by atoms with Gasteiger partial charge >= 0.3 is 0 Å². The predicted molar refractivity (Wildman–Crippen MR) is 91.9 cm³/mol. The molecule has 0 unspecified atom stereocenters. The van der Waals surface area contributed by atoms with Crippen molar-refractivity contribution in [3.63, 3.8) is 0 Å². The van der Waals surface area contributed by atoms with E-state index < -0.39 is 6.04 Å². The molecule has 1 aromatic heterocycles. The van der Waals surface area contributed by atoms with Crippen LogP contribution in [0, 0.1) is 19.7 Å². The zero-order valence-electron chi connectivity index (χ0n) is 14.7. The molecule has 0 aliphatic rings. The Bertz CT molecular complexity index is 780. The average Bonchev–Trinajstić information content (AvgIpc) is 2.80. The van der Waals surface area contributed by atoms with Gasteiger partial charge in [0.15, 0.2) is 11.6 Å². The van der Waals surface area contributed by atoms with E-state index in [0.717, 1.165) is 5.56 Å². The van der Waals surface area contributed by atoms with E-state index in [1.807, 2.05) is 24.9 Å². The van der Waals surface area contributed by atoms with Gasteiger partial charge in [-0.05, 0) is 58.0 Å². The molecule has 1 N–H and O–H groups in total. The molecule has 0 amide bonds. The van der Waals surface area contributed by atoms with Crippen LogP contribution in [0.2, 0.25) is 0 Å². The van der Waals surface area contributed by atoms with Crippen LogP contribution in [0.1, 0.15) is 51.5 Å². The molecule has 5 heteroatoms. The Morgan fingerprint density at radius 1 is 1.29 bits per heavy atom. The van der Waals surface area contributed by atoms with Gasteiger partial charge in [-0.15, -0.1) is 0 Å². The summed E-state index contributed by atoms with van der Waals surface area (Å²) in [6.07, 6.45) is 0. The number of ketones is 2. The van der Waals surface area contributed by atoms with Crippen LogP contribution in [-0.2, 0) is 6.54 Å². The summed E-state index contributed by atoms with van der Waals surface area (Å²) in [4.78, 5) is 29.4. The molecule has 1 atom stereocenters. The molecule has 24 heavy (non-hydrogen) atoms. The van der Waals surface area contributed by atoms with Gasteiger partial charge in [-0.2, -0.15) is 0 Å². The highest BCUT2D eigenvalue weighted by atomic mass is 19.1. The third-order valence-electron chi connectivity index (χ3n) is 4.40. The first-order valence-corrected chi connectivity index (χ1v) is 7.91. The smallest absolute Gasteiger partial charge is 0.196 e. The third kappa shape index (κ3) is 3.62. The molecule has 0 radical (unpaired) electrons. The monoisotopic (exact) mass is 330 g/mol. The molecule has 0 aliphatic heterocycles. The Morgan fingerprint density at radius 2 is 1.96 bits per heavy atom. The highest BCUT2D eigenvalue weighted by Crippen LogP contribution is 2.21. The molecule has 1 aromatic carbocycles. The van der Waals surface area contributed by atoms with Crippen LogP contribution < -0.4 is 0 Å². The first-order chi connectivity index (χ1) is 11.2. The second-order valence-electron chi connectivity index (χ2n) is 6.27. The fraction of sp³-hybridized carbons (Fsp3) is 0.368. The maximum absolute atomic E-state index is 13.3. The van der Waals surface area contributed by atoms with E-state index in [0.29, 0.717) is 29.1 Å². The number of carbonyl (C=O) groups excluding carboxylic acids is 2. The number of halogens is 1. The zero-order chi connectivity index (χ0) is 18.0. The van der Waals surface area contributed by atoms with Crippen molar-refractivity contribution in [2.45, 2.75) is 40.3 Å². The molecule has 0 fully saturated rings. The normalized spacial score (nSPS) is 12.5. The summed E-state index contributed by atoms with van der Waals surface area (Å²) in [6, 6.07) is 5.94. The Kier molecular flexibility index (Phi) is 5.34. The fourth-order valence-electron chi connectivity index (χ4n) is 2.99. The largest absolute Gasteiger partial charge is 0.355 e. The summed E-state index contributed by atoms with van der Waals surface area (Å²) >= 11 is 0. The standard InChI is InChI=1S/C19H23FN2O2/c1-11-17(14(4)23)12(2)21-18(11)19(24)13(3)22(5)10-15-7-6-8-16(20)9-15/h6-9,13,21H,10H2,1-5H3/t13-/m0/s1. The van der Waals surface area contributed by atoms with Crippen LogP contribution >= 0.6 is 0 Å². The van der Waals surface area contributed by atoms with Crippen molar-refractivity contribution in [2.75, 3.05) is 7.05 Å². The van der Waals surface area contributed by atoms with Gasteiger partial charge in [-0.25, -0.2) is 4.39 Å². The zero-order valence-corrected chi connectivity index (χ0v) is 14.7. The quantitative estimate of drug-likeness (QED) is 0.822. The lowest BCUT2D eigenvalue weighted by atomic mass is 10.0. The number of hydrogen-bond donors (Lipinski definition) is 1. The lowest BCUT2D eigenvalue weighted by Crippen LogP contribution is -2.36. The second kappa shape index (κ2) is 7.09. The molecule has 128 valence electrons. The van der Waals surface area contributed by atoms with E-state index in [4.69, 9.17) is 0 Å². The molecule has 0 saturated heterocycles. The number of nitrogens with one attached hydrogen (secondary N) is 1. The number of Topliss-reactive ketones (excluding diaryl/α,β-unsaturated/α-hetero) is 2. The maximum atomic E-state index is 13.3. The Hall–Kier alpha value is -2.27. The van der Waals surface area contributed by atoms with Crippen LogP contribution in [0.4, 0.5) is 4.39 Å². The summed E-state index contributed by atoms with van der Waals surface area (Å²) < 4.78 is 13.3. The van der Waals surface area contributed by atoms with Gasteiger partial charge in [0.2, 0.25) is 0 Å². The van der Waals surface area contributed by atoms with Gasteiger partial charge in [0.1, 0.15) is 5.82 Å². The lowest BCUT2D eigenvalue weighted by molar-refractivity contribution is 0.0856. The van der Waals surface area contributed by atoms with Crippen molar-refractivity contribution >= 4 is 11.6 Å². The van der Waals surface area contributed by atoms with E-state index in [2.05, 4.69) is 4.98 Å². The minimum Gasteiger partial charge on any atom is -0.355 e. The number of rotatable bonds is 6. The summed E-state index contributed by atoms with van der Waals surface area (Å²) in [5.74, 6) is -0.426. The maximum Gasteiger partial charge on any atom is 0.196 e. The van der Waals surface area contributed by atoms with Crippen LogP contribution in [-0.4, -0.2) is 34.5 Å². The van der Waals surface area contributed by atoms with Gasteiger partial charge in [-0.1, -0.05) is 12.1 Å². The molecular weight excluding hydrogens is 307 g/mol. The molecule has 4 nitrogen and oxygen atoms in total. The van der Waals surface area contributed by atoms with E-state index in [9.17, 15) is 14.0 Å². The summed E-state index contributed by atoms with van der Waals surface area (Å²) in [6.45, 7) is 7.35. The van der Waals surface area contributed by atoms with Crippen molar-refractivity contribution in [1.82, 2.24) is 9.88 Å². The van der Waals surface area contributed by atoms with Crippen molar-refractivity contribution < 1.29 is 14.0 Å². The van der Waals surface area contributed by atoms with Crippen molar-refractivity contribution in [3.8, 4) is 0 Å². The topological polar surface area (TPSA) is 53.2 Å². The number of H-pyrrole nitrogens is 1. The molecule has 2 aromatic rings. The highest BCUT2D eigenvalue weighted by molar-refractivity contribution is 6.05. The Morgan fingerprint density at radius 3 is 2.50 bits per heavy atom. The van der Waals surface area contributed by atoms with Crippen molar-refractivity contribution in [1.29, 1.82) is 0 Å². The van der Waals surface area contributed by atoms with Crippen LogP contribution in [0.25, 0.3) is 0 Å². The number of nitrogens with zero attached hydrogens (tertiary/aromatic N) is 1. The van der Waals surface area contributed by atoms with Crippen molar-refractivity contribution in [3.05, 3.63) is 58.2 Å². The van der Waals surface area contributed by atoms with Gasteiger partial charge in [0, 0.05) is 17.8 Å².